The summed E-state index contributed by atoms with van der Waals surface area (Å²) in [6.45, 7) is 0.628. The average Bonchev–Trinajstić information content (AvgIpc) is 2.75. The first-order chi connectivity index (χ1) is 8.40. The molecule has 0 saturated carbocycles. The minimum atomic E-state index is 0.124. The predicted molar refractivity (Wildman–Crippen MR) is 69.7 cm³/mol. The molecule has 1 aromatic carbocycles. The van der Waals surface area contributed by atoms with E-state index in [0.717, 1.165) is 25.0 Å². The van der Waals surface area contributed by atoms with Crippen LogP contribution in [-0.4, -0.2) is 29.0 Å². The molecule has 17 heavy (non-hydrogen) atoms. The summed E-state index contributed by atoms with van der Waals surface area (Å²) in [6.07, 6.45) is 3.29. The number of para-hydroxylation sites is 1. The number of aliphatic hydroxyl groups is 1. The van der Waals surface area contributed by atoms with Gasteiger partial charge in [0.25, 0.3) is 0 Å². The molecular formula is C14H16N2O. The molecule has 3 heteroatoms. The highest BCUT2D eigenvalue weighted by molar-refractivity contribution is 6.06. The zero-order valence-corrected chi connectivity index (χ0v) is 9.74. The number of aliphatic hydroxyl groups excluding tert-OH is 1. The Morgan fingerprint density at radius 3 is 3.00 bits per heavy atom. The quantitative estimate of drug-likeness (QED) is 0.814. The van der Waals surface area contributed by atoms with Gasteiger partial charge in [-0.3, -0.25) is 4.99 Å². The molecule has 0 saturated heterocycles. The second kappa shape index (κ2) is 4.34. The highest BCUT2D eigenvalue weighted by Gasteiger charge is 2.19. The number of aromatic nitrogens is 1. The topological polar surface area (TPSA) is 48.4 Å². The van der Waals surface area contributed by atoms with E-state index < -0.39 is 0 Å². The lowest BCUT2D eigenvalue weighted by Gasteiger charge is -2.14. The van der Waals surface area contributed by atoms with Gasteiger partial charge in [-0.1, -0.05) is 18.2 Å². The Labute approximate surface area is 100 Å². The van der Waals surface area contributed by atoms with Crippen LogP contribution >= 0.6 is 0 Å². The van der Waals surface area contributed by atoms with Crippen LogP contribution in [0.4, 0.5) is 0 Å². The minimum absolute atomic E-state index is 0.124. The van der Waals surface area contributed by atoms with Crippen LogP contribution in [0.1, 0.15) is 24.1 Å². The number of H-pyrrole nitrogens is 1. The standard InChI is InChI=1S/C14H16N2O/c17-9-8-15-13-7-3-5-11-10-4-1-2-6-12(10)16-14(11)13/h1-2,4,6,16-17H,3,5,7-9H2. The highest BCUT2D eigenvalue weighted by atomic mass is 16.3. The van der Waals surface area contributed by atoms with Crippen LogP contribution in [0.2, 0.25) is 0 Å². The first kappa shape index (κ1) is 10.5. The molecule has 3 nitrogen and oxygen atoms in total. The summed E-state index contributed by atoms with van der Waals surface area (Å²) in [7, 11) is 0. The minimum Gasteiger partial charge on any atom is -0.394 e. The van der Waals surface area contributed by atoms with E-state index in [1.54, 1.807) is 0 Å². The highest BCUT2D eigenvalue weighted by Crippen LogP contribution is 2.29. The van der Waals surface area contributed by atoms with E-state index in [9.17, 15) is 0 Å². The maximum atomic E-state index is 8.87. The van der Waals surface area contributed by atoms with Crippen LogP contribution in [-0.2, 0) is 6.42 Å². The summed E-state index contributed by atoms with van der Waals surface area (Å²) in [5, 5.41) is 10.2. The maximum Gasteiger partial charge on any atom is 0.0637 e. The third-order valence-electron chi connectivity index (χ3n) is 3.35. The molecule has 1 aromatic heterocycles. The van der Waals surface area contributed by atoms with Crippen molar-refractivity contribution in [1.82, 2.24) is 4.98 Å². The van der Waals surface area contributed by atoms with Crippen molar-refractivity contribution < 1.29 is 5.11 Å². The zero-order valence-electron chi connectivity index (χ0n) is 9.74. The number of rotatable bonds is 2. The van der Waals surface area contributed by atoms with Crippen LogP contribution in [0.25, 0.3) is 10.9 Å². The summed E-state index contributed by atoms with van der Waals surface area (Å²) < 4.78 is 0. The van der Waals surface area contributed by atoms with Crippen LogP contribution in [0.5, 0.6) is 0 Å². The van der Waals surface area contributed by atoms with E-state index >= 15 is 0 Å². The lowest BCUT2D eigenvalue weighted by Crippen LogP contribution is -2.12. The van der Waals surface area contributed by atoms with E-state index in [-0.39, 0.29) is 6.61 Å². The van der Waals surface area contributed by atoms with Crippen LogP contribution < -0.4 is 0 Å². The molecule has 0 unspecified atom stereocenters. The predicted octanol–water partition coefficient (Wildman–Crippen LogP) is 2.29. The van der Waals surface area contributed by atoms with Gasteiger partial charge in [0.2, 0.25) is 0 Å². The van der Waals surface area contributed by atoms with Crippen LogP contribution in [0.3, 0.4) is 0 Å². The molecule has 0 fully saturated rings. The van der Waals surface area contributed by atoms with E-state index in [2.05, 4.69) is 34.2 Å². The molecule has 88 valence electrons. The van der Waals surface area contributed by atoms with Crippen molar-refractivity contribution in [2.45, 2.75) is 19.3 Å². The van der Waals surface area contributed by atoms with E-state index in [1.165, 1.54) is 22.2 Å². The number of aromatic amines is 1. The van der Waals surface area contributed by atoms with Gasteiger partial charge in [-0.05, 0) is 30.9 Å². The van der Waals surface area contributed by atoms with Gasteiger partial charge in [0.05, 0.1) is 24.6 Å². The zero-order chi connectivity index (χ0) is 11.7. The van der Waals surface area contributed by atoms with Crippen molar-refractivity contribution in [3.05, 3.63) is 35.5 Å². The largest absolute Gasteiger partial charge is 0.394 e. The van der Waals surface area contributed by atoms with E-state index in [0.29, 0.717) is 6.54 Å². The molecule has 0 aliphatic heterocycles. The molecular weight excluding hydrogens is 212 g/mol. The normalized spacial score (nSPS) is 17.6. The Morgan fingerprint density at radius 1 is 1.24 bits per heavy atom. The molecule has 0 radical (unpaired) electrons. The van der Waals surface area contributed by atoms with Crippen molar-refractivity contribution in [3.63, 3.8) is 0 Å². The fourth-order valence-corrected chi connectivity index (χ4v) is 2.61. The number of aliphatic imine (C=N–C) groups is 1. The number of aryl methyl sites for hydroxylation is 1. The molecule has 3 rings (SSSR count). The Morgan fingerprint density at radius 2 is 2.12 bits per heavy atom. The second-order valence-corrected chi connectivity index (χ2v) is 4.43. The molecule has 1 aliphatic carbocycles. The number of fused-ring (bicyclic) bond motifs is 3. The molecule has 0 spiro atoms. The van der Waals surface area contributed by atoms with E-state index in [1.807, 2.05) is 0 Å². The Balaban J connectivity index is 2.14. The van der Waals surface area contributed by atoms with Gasteiger partial charge in [-0.2, -0.15) is 0 Å². The molecule has 2 N–H and O–H groups in total. The van der Waals surface area contributed by atoms with Gasteiger partial charge in [0.15, 0.2) is 0 Å². The molecule has 2 aromatic rings. The maximum absolute atomic E-state index is 8.87. The monoisotopic (exact) mass is 228 g/mol. The van der Waals surface area contributed by atoms with Crippen molar-refractivity contribution >= 4 is 16.6 Å². The Kier molecular flexibility index (Phi) is 2.69. The van der Waals surface area contributed by atoms with E-state index in [4.69, 9.17) is 5.11 Å². The number of benzene rings is 1. The van der Waals surface area contributed by atoms with Gasteiger partial charge in [0.1, 0.15) is 0 Å². The lowest BCUT2D eigenvalue weighted by molar-refractivity contribution is 0.307. The number of nitrogens with one attached hydrogen (secondary N) is 1. The first-order valence-corrected chi connectivity index (χ1v) is 6.14. The summed E-state index contributed by atoms with van der Waals surface area (Å²) in [4.78, 5) is 7.94. The third-order valence-corrected chi connectivity index (χ3v) is 3.35. The van der Waals surface area contributed by atoms with Crippen LogP contribution in [0.15, 0.2) is 29.3 Å². The van der Waals surface area contributed by atoms with Gasteiger partial charge in [0, 0.05) is 10.9 Å². The molecule has 0 bridgehead atoms. The number of nitrogens with zero attached hydrogens (tertiary/aromatic N) is 1. The lowest BCUT2D eigenvalue weighted by atomic mass is 9.94. The van der Waals surface area contributed by atoms with Gasteiger partial charge < -0.3 is 10.1 Å². The SMILES string of the molecule is OCCN=C1CCCc2c1[nH]c1ccccc21. The smallest absolute Gasteiger partial charge is 0.0637 e. The van der Waals surface area contributed by atoms with Gasteiger partial charge in [-0.15, -0.1) is 0 Å². The summed E-state index contributed by atoms with van der Waals surface area (Å²) >= 11 is 0. The summed E-state index contributed by atoms with van der Waals surface area (Å²) in [5.74, 6) is 0. The first-order valence-electron chi connectivity index (χ1n) is 6.14. The summed E-state index contributed by atoms with van der Waals surface area (Å²) in [5.41, 5.74) is 4.89. The van der Waals surface area contributed by atoms with Crippen molar-refractivity contribution in [3.8, 4) is 0 Å². The Bertz CT molecular complexity index is 569. The van der Waals surface area contributed by atoms with Crippen molar-refractivity contribution in [2.24, 2.45) is 4.99 Å². The average molecular weight is 228 g/mol. The van der Waals surface area contributed by atoms with Gasteiger partial charge >= 0.3 is 0 Å². The molecule has 1 aliphatic rings. The van der Waals surface area contributed by atoms with Crippen molar-refractivity contribution in [1.29, 1.82) is 0 Å². The molecule has 1 heterocycles. The summed E-state index contributed by atoms with van der Waals surface area (Å²) in [6, 6.07) is 8.40. The van der Waals surface area contributed by atoms with Gasteiger partial charge in [-0.25, -0.2) is 0 Å². The fraction of sp³-hybridized carbons (Fsp3) is 0.357. The second-order valence-electron chi connectivity index (χ2n) is 4.43. The van der Waals surface area contributed by atoms with Crippen LogP contribution in [0, 0.1) is 0 Å². The van der Waals surface area contributed by atoms with Crippen molar-refractivity contribution in [2.75, 3.05) is 13.2 Å². The third kappa shape index (κ3) is 1.76. The fourth-order valence-electron chi connectivity index (χ4n) is 2.61. The number of hydrogen-bond donors (Lipinski definition) is 2. The molecule has 0 amide bonds. The number of hydrogen-bond acceptors (Lipinski definition) is 2. The molecule has 0 atom stereocenters. The Hall–Kier alpha value is -1.61.